The Morgan fingerprint density at radius 1 is 0.783 bits per heavy atom. The van der Waals surface area contributed by atoms with Crippen molar-refractivity contribution in [2.24, 2.45) is 5.41 Å². The summed E-state index contributed by atoms with van der Waals surface area (Å²) in [6.07, 6.45) is -22.9. The summed E-state index contributed by atoms with van der Waals surface area (Å²) >= 11 is 0. The molecule has 0 aliphatic rings. The second kappa shape index (κ2) is 7.58. The Balaban J connectivity index is 5.40. The minimum atomic E-state index is -5.29. The van der Waals surface area contributed by atoms with Crippen LogP contribution in [0.2, 0.25) is 0 Å². The standard InChI is InChI=1S/C11H13F9O3/c1-22-7(21)2-23-6-8(3-9(12,13)14,4-10(15,16)17)5-11(18,19)20/h2-6H2,1H3. The third-order valence-electron chi connectivity index (χ3n) is 2.58. The zero-order valence-electron chi connectivity index (χ0n) is 11.7. The molecule has 23 heavy (non-hydrogen) atoms. The quantitative estimate of drug-likeness (QED) is 0.506. The summed E-state index contributed by atoms with van der Waals surface area (Å²) in [4.78, 5) is 10.7. The van der Waals surface area contributed by atoms with Crippen molar-refractivity contribution in [1.82, 2.24) is 0 Å². The van der Waals surface area contributed by atoms with Crippen LogP contribution in [0, 0.1) is 5.41 Å². The van der Waals surface area contributed by atoms with Gasteiger partial charge < -0.3 is 9.47 Å². The van der Waals surface area contributed by atoms with Gasteiger partial charge in [-0.15, -0.1) is 0 Å². The molecule has 0 unspecified atom stereocenters. The van der Waals surface area contributed by atoms with E-state index in [-0.39, 0.29) is 0 Å². The van der Waals surface area contributed by atoms with Gasteiger partial charge in [-0.1, -0.05) is 0 Å². The first-order valence-corrected chi connectivity index (χ1v) is 5.92. The summed E-state index contributed by atoms with van der Waals surface area (Å²) in [5.41, 5.74) is -3.32. The van der Waals surface area contributed by atoms with Gasteiger partial charge in [0.25, 0.3) is 0 Å². The van der Waals surface area contributed by atoms with Gasteiger partial charge in [0.15, 0.2) is 0 Å². The third-order valence-corrected chi connectivity index (χ3v) is 2.58. The Morgan fingerprint density at radius 3 is 1.39 bits per heavy atom. The molecule has 0 heterocycles. The topological polar surface area (TPSA) is 35.5 Å². The van der Waals surface area contributed by atoms with E-state index in [1.165, 1.54) is 0 Å². The fourth-order valence-electron chi connectivity index (χ4n) is 2.03. The number of methoxy groups -OCH3 is 1. The second-order valence-corrected chi connectivity index (χ2v) is 4.94. The van der Waals surface area contributed by atoms with Crippen molar-refractivity contribution in [3.8, 4) is 0 Å². The van der Waals surface area contributed by atoms with E-state index >= 15 is 0 Å². The van der Waals surface area contributed by atoms with Crippen LogP contribution in [0.15, 0.2) is 0 Å². The van der Waals surface area contributed by atoms with Crippen LogP contribution in [0.5, 0.6) is 0 Å². The molecule has 0 aliphatic heterocycles. The molecule has 12 heteroatoms. The molecule has 3 nitrogen and oxygen atoms in total. The van der Waals surface area contributed by atoms with Crippen molar-refractivity contribution in [2.45, 2.75) is 37.8 Å². The maximum absolute atomic E-state index is 12.5. The van der Waals surface area contributed by atoms with Crippen molar-refractivity contribution < 1.29 is 53.8 Å². The van der Waals surface area contributed by atoms with Gasteiger partial charge in [-0.3, -0.25) is 0 Å². The summed E-state index contributed by atoms with van der Waals surface area (Å²) in [7, 11) is 0.861. The van der Waals surface area contributed by atoms with Gasteiger partial charge in [0.1, 0.15) is 6.61 Å². The molecule has 138 valence electrons. The van der Waals surface area contributed by atoms with E-state index in [1.54, 1.807) is 0 Å². The van der Waals surface area contributed by atoms with E-state index < -0.39 is 62.4 Å². The highest BCUT2D eigenvalue weighted by molar-refractivity contribution is 5.70. The molecule has 0 saturated carbocycles. The number of hydrogen-bond donors (Lipinski definition) is 0. The maximum atomic E-state index is 12.5. The molecule has 0 fully saturated rings. The van der Waals surface area contributed by atoms with Crippen molar-refractivity contribution in [2.75, 3.05) is 20.3 Å². The van der Waals surface area contributed by atoms with E-state index in [9.17, 15) is 44.3 Å². The van der Waals surface area contributed by atoms with Crippen LogP contribution in [0.3, 0.4) is 0 Å². The Labute approximate surface area is 124 Å². The van der Waals surface area contributed by atoms with Crippen LogP contribution in [0.25, 0.3) is 0 Å². The maximum Gasteiger partial charge on any atom is 0.389 e. The number of esters is 1. The first kappa shape index (κ1) is 21.8. The number of carbonyl (C=O) groups excluding carboxylic acids is 1. The average molecular weight is 364 g/mol. The Kier molecular flexibility index (Phi) is 7.18. The fraction of sp³-hybridized carbons (Fsp3) is 0.909. The lowest BCUT2D eigenvalue weighted by atomic mass is 9.78. The molecule has 0 saturated heterocycles. The Hall–Kier alpha value is -1.20. The monoisotopic (exact) mass is 364 g/mol. The highest BCUT2D eigenvalue weighted by atomic mass is 19.4. The van der Waals surface area contributed by atoms with Crippen LogP contribution in [0.4, 0.5) is 39.5 Å². The third kappa shape index (κ3) is 11.0. The Bertz CT molecular complexity index is 343. The predicted octanol–water partition coefficient (Wildman–Crippen LogP) is 4.02. The van der Waals surface area contributed by atoms with Gasteiger partial charge in [-0.25, -0.2) is 4.79 Å². The molecule has 0 amide bonds. The van der Waals surface area contributed by atoms with Gasteiger partial charge >= 0.3 is 24.5 Å². The lowest BCUT2D eigenvalue weighted by Gasteiger charge is -2.35. The smallest absolute Gasteiger partial charge is 0.389 e. The van der Waals surface area contributed by atoms with Crippen LogP contribution in [-0.4, -0.2) is 44.8 Å². The summed E-state index contributed by atoms with van der Waals surface area (Å²) in [5.74, 6) is -1.15. The average Bonchev–Trinajstić information content (AvgIpc) is 2.20. The van der Waals surface area contributed by atoms with E-state index in [0.29, 0.717) is 0 Å². The first-order valence-electron chi connectivity index (χ1n) is 5.92. The van der Waals surface area contributed by atoms with Crippen LogP contribution in [0.1, 0.15) is 19.3 Å². The normalized spacial score (nSPS) is 14.0. The predicted molar refractivity (Wildman–Crippen MR) is 57.3 cm³/mol. The van der Waals surface area contributed by atoms with E-state index in [0.717, 1.165) is 7.11 Å². The molecule has 0 aromatic carbocycles. The van der Waals surface area contributed by atoms with Crippen LogP contribution in [-0.2, 0) is 14.3 Å². The molecule has 0 aromatic rings. The van der Waals surface area contributed by atoms with Gasteiger partial charge in [-0.2, -0.15) is 39.5 Å². The molecular weight excluding hydrogens is 351 g/mol. The van der Waals surface area contributed by atoms with Crippen molar-refractivity contribution >= 4 is 5.97 Å². The highest BCUT2D eigenvalue weighted by Crippen LogP contribution is 2.48. The lowest BCUT2D eigenvalue weighted by molar-refractivity contribution is -0.235. The molecule has 0 radical (unpaired) electrons. The van der Waals surface area contributed by atoms with Gasteiger partial charge in [0, 0.05) is 5.41 Å². The molecule has 0 bridgehead atoms. The van der Waals surface area contributed by atoms with Crippen molar-refractivity contribution in [3.05, 3.63) is 0 Å². The number of alkyl halides is 9. The number of halogens is 9. The number of carbonyl (C=O) groups is 1. The highest BCUT2D eigenvalue weighted by Gasteiger charge is 2.53. The van der Waals surface area contributed by atoms with Crippen molar-refractivity contribution in [1.29, 1.82) is 0 Å². The molecule has 0 spiro atoms. The lowest BCUT2D eigenvalue weighted by Crippen LogP contribution is -2.41. The van der Waals surface area contributed by atoms with Gasteiger partial charge in [0.2, 0.25) is 0 Å². The van der Waals surface area contributed by atoms with E-state index in [1.807, 2.05) is 0 Å². The molecular formula is C11H13F9O3. The zero-order chi connectivity index (χ0) is 18.5. The number of ether oxygens (including phenoxy) is 2. The zero-order valence-corrected chi connectivity index (χ0v) is 11.7. The summed E-state index contributed by atoms with van der Waals surface area (Å²) < 4.78 is 121. The Morgan fingerprint density at radius 2 is 1.13 bits per heavy atom. The minimum Gasteiger partial charge on any atom is -0.467 e. The molecule has 0 aliphatic carbocycles. The molecule has 0 aromatic heterocycles. The molecule has 0 atom stereocenters. The van der Waals surface area contributed by atoms with Crippen LogP contribution < -0.4 is 0 Å². The molecule has 0 N–H and O–H groups in total. The van der Waals surface area contributed by atoms with Crippen LogP contribution >= 0.6 is 0 Å². The molecule has 0 rings (SSSR count). The number of rotatable bonds is 7. The summed E-state index contributed by atoms with van der Waals surface area (Å²) in [6, 6.07) is 0. The van der Waals surface area contributed by atoms with E-state index in [2.05, 4.69) is 9.47 Å². The number of hydrogen-bond acceptors (Lipinski definition) is 3. The van der Waals surface area contributed by atoms with Gasteiger partial charge in [0.05, 0.1) is 33.0 Å². The fourth-order valence-corrected chi connectivity index (χ4v) is 2.03. The second-order valence-electron chi connectivity index (χ2n) is 4.94. The summed E-state index contributed by atoms with van der Waals surface area (Å²) in [6.45, 7) is -2.62. The minimum absolute atomic E-state index is 0.861. The SMILES string of the molecule is COC(=O)COCC(CC(F)(F)F)(CC(F)(F)F)CC(F)(F)F. The summed E-state index contributed by atoms with van der Waals surface area (Å²) in [5, 5.41) is 0. The largest absolute Gasteiger partial charge is 0.467 e. The van der Waals surface area contributed by atoms with E-state index in [4.69, 9.17) is 0 Å². The van der Waals surface area contributed by atoms with Crippen molar-refractivity contribution in [3.63, 3.8) is 0 Å². The van der Waals surface area contributed by atoms with Gasteiger partial charge in [-0.05, 0) is 0 Å². The first-order chi connectivity index (χ1) is 10.1.